The molecule has 12 nitrogen and oxygen atoms in total. The van der Waals surface area contributed by atoms with Gasteiger partial charge in [0.2, 0.25) is 0 Å². The molecule has 38 heavy (non-hydrogen) atoms. The van der Waals surface area contributed by atoms with E-state index in [1.54, 1.807) is 0 Å². The molecule has 0 saturated heterocycles. The average molecular weight is 510 g/mol. The third kappa shape index (κ3) is 4.09. The first-order chi connectivity index (χ1) is 18.2. The smallest absolute Gasteiger partial charge is 0.335 e. The summed E-state index contributed by atoms with van der Waals surface area (Å²) in [6, 6.07) is 10.1. The van der Waals surface area contributed by atoms with E-state index in [-0.39, 0.29) is 44.8 Å². The summed E-state index contributed by atoms with van der Waals surface area (Å²) in [5.41, 5.74) is -0.232. The third-order valence-corrected chi connectivity index (χ3v) is 5.98. The van der Waals surface area contributed by atoms with E-state index in [0.29, 0.717) is 0 Å². The molecule has 2 aliphatic carbocycles. The standard InChI is InChI=1S/C26H14N4O8/c31-21-15-9-17-18(24(34)20(23(17)33)30-28-14-6-2-4-12(8-14)26(37)38)10-16(15)22(32)19(21)29-27-13-5-1-3-11(7-13)25(35)36/h1-10,19-20H,(H,35,36)(H,37,38). The number of ketones is 4. The minimum absolute atomic E-state index is 0.0523. The lowest BCUT2D eigenvalue weighted by atomic mass is 10.0. The number of carbonyl (C=O) groups excluding carboxylic acids is 4. The van der Waals surface area contributed by atoms with Crippen molar-refractivity contribution in [1.29, 1.82) is 0 Å². The number of benzene rings is 3. The van der Waals surface area contributed by atoms with E-state index in [9.17, 15) is 28.8 Å². The van der Waals surface area contributed by atoms with Crippen LogP contribution in [0.5, 0.6) is 0 Å². The summed E-state index contributed by atoms with van der Waals surface area (Å²) in [6.07, 6.45) is 0. The largest absolute Gasteiger partial charge is 0.478 e. The number of aromatic carboxylic acids is 2. The number of Topliss-reactive ketones (excluding diaryl/α,β-unsaturated/α-hetero) is 4. The number of hydrogen-bond donors (Lipinski definition) is 2. The zero-order valence-electron chi connectivity index (χ0n) is 19.1. The summed E-state index contributed by atoms with van der Waals surface area (Å²) >= 11 is 0. The van der Waals surface area contributed by atoms with Crippen molar-refractivity contribution < 1.29 is 39.0 Å². The second kappa shape index (κ2) is 9.17. The predicted octanol–water partition coefficient (Wildman–Crippen LogP) is 4.15. The van der Waals surface area contributed by atoms with Gasteiger partial charge in [-0.05, 0) is 48.5 Å². The van der Waals surface area contributed by atoms with E-state index in [0.717, 1.165) is 12.1 Å². The van der Waals surface area contributed by atoms with Crippen molar-refractivity contribution in [3.63, 3.8) is 0 Å². The number of hydrogen-bond acceptors (Lipinski definition) is 10. The lowest BCUT2D eigenvalue weighted by molar-refractivity contribution is 0.0686. The highest BCUT2D eigenvalue weighted by Crippen LogP contribution is 2.34. The average Bonchev–Trinajstić information content (AvgIpc) is 3.28. The molecule has 3 aromatic rings. The van der Waals surface area contributed by atoms with E-state index in [2.05, 4.69) is 20.5 Å². The Morgan fingerprint density at radius 1 is 0.553 bits per heavy atom. The van der Waals surface area contributed by atoms with Gasteiger partial charge >= 0.3 is 11.9 Å². The summed E-state index contributed by atoms with van der Waals surface area (Å²) in [6.45, 7) is 0. The lowest BCUT2D eigenvalue weighted by Crippen LogP contribution is -2.20. The number of rotatable bonds is 6. The lowest BCUT2D eigenvalue weighted by Gasteiger charge is -2.00. The first kappa shape index (κ1) is 24.2. The Morgan fingerprint density at radius 2 is 0.895 bits per heavy atom. The van der Waals surface area contributed by atoms with Crippen LogP contribution in [-0.4, -0.2) is 57.4 Å². The zero-order valence-corrected chi connectivity index (χ0v) is 19.1. The molecule has 0 bridgehead atoms. The molecule has 186 valence electrons. The molecule has 12 heteroatoms. The zero-order chi connectivity index (χ0) is 27.1. The third-order valence-electron chi connectivity index (χ3n) is 5.98. The van der Waals surface area contributed by atoms with Crippen LogP contribution in [0.2, 0.25) is 0 Å². The van der Waals surface area contributed by atoms with Gasteiger partial charge in [0.25, 0.3) is 0 Å². The van der Waals surface area contributed by atoms with Gasteiger partial charge < -0.3 is 10.2 Å². The molecule has 0 saturated carbocycles. The van der Waals surface area contributed by atoms with Crippen LogP contribution >= 0.6 is 0 Å². The molecule has 0 atom stereocenters. The minimum Gasteiger partial charge on any atom is -0.478 e. The van der Waals surface area contributed by atoms with E-state index < -0.39 is 47.2 Å². The first-order valence-electron chi connectivity index (χ1n) is 11.0. The van der Waals surface area contributed by atoms with Gasteiger partial charge in [-0.25, -0.2) is 9.59 Å². The van der Waals surface area contributed by atoms with Crippen molar-refractivity contribution in [2.75, 3.05) is 0 Å². The van der Waals surface area contributed by atoms with Gasteiger partial charge in [-0.1, -0.05) is 12.1 Å². The van der Waals surface area contributed by atoms with Crippen LogP contribution in [-0.2, 0) is 0 Å². The minimum atomic E-state index is -1.54. The van der Waals surface area contributed by atoms with Gasteiger partial charge in [-0.15, -0.1) is 0 Å². The van der Waals surface area contributed by atoms with Crippen LogP contribution in [0.3, 0.4) is 0 Å². The van der Waals surface area contributed by atoms with Crippen LogP contribution < -0.4 is 0 Å². The number of azo groups is 2. The fourth-order valence-electron chi connectivity index (χ4n) is 4.10. The molecule has 0 spiro atoms. The second-order valence-corrected chi connectivity index (χ2v) is 8.35. The van der Waals surface area contributed by atoms with E-state index in [1.807, 2.05) is 0 Å². The monoisotopic (exact) mass is 510 g/mol. The van der Waals surface area contributed by atoms with Crippen molar-refractivity contribution in [3.05, 3.63) is 94.0 Å². The highest BCUT2D eigenvalue weighted by Gasteiger charge is 2.45. The molecule has 5 rings (SSSR count). The number of fused-ring (bicyclic) bond motifs is 2. The molecule has 0 fully saturated rings. The number of carboxylic acids is 2. The Balaban J connectivity index is 1.40. The molecule has 0 radical (unpaired) electrons. The Hall–Kier alpha value is -5.52. The maximum absolute atomic E-state index is 12.9. The SMILES string of the molecule is O=C(O)c1cccc(N=NC2C(=O)c3cc4c(cc3C2=O)C(=O)C(N=Nc2cccc(C(=O)O)c2)C4=O)c1. The second-order valence-electron chi connectivity index (χ2n) is 8.35. The molecule has 0 amide bonds. The van der Waals surface area contributed by atoms with Gasteiger partial charge in [0.15, 0.2) is 35.2 Å². The van der Waals surface area contributed by atoms with Crippen molar-refractivity contribution >= 4 is 46.4 Å². The summed E-state index contributed by atoms with van der Waals surface area (Å²) in [7, 11) is 0. The van der Waals surface area contributed by atoms with Crippen LogP contribution in [0.25, 0.3) is 0 Å². The summed E-state index contributed by atoms with van der Waals surface area (Å²) in [5.74, 6) is -5.25. The summed E-state index contributed by atoms with van der Waals surface area (Å²) < 4.78 is 0. The van der Waals surface area contributed by atoms with Crippen LogP contribution in [0.1, 0.15) is 62.1 Å². The van der Waals surface area contributed by atoms with E-state index >= 15 is 0 Å². The van der Waals surface area contributed by atoms with Gasteiger partial charge in [-0.3, -0.25) is 19.2 Å². The molecule has 0 unspecified atom stereocenters. The van der Waals surface area contributed by atoms with Crippen molar-refractivity contribution in [1.82, 2.24) is 0 Å². The Bertz CT molecular complexity index is 1500. The Labute approximate surface area is 212 Å². The Kier molecular flexibility index (Phi) is 5.84. The predicted molar refractivity (Wildman–Crippen MR) is 127 cm³/mol. The maximum Gasteiger partial charge on any atom is 0.335 e. The quantitative estimate of drug-likeness (QED) is 0.365. The van der Waals surface area contributed by atoms with Gasteiger partial charge in [0, 0.05) is 22.3 Å². The maximum atomic E-state index is 12.9. The molecule has 0 aliphatic heterocycles. The normalized spacial score (nSPS) is 15.6. The topological polar surface area (TPSA) is 192 Å². The van der Waals surface area contributed by atoms with Crippen molar-refractivity contribution in [2.45, 2.75) is 12.1 Å². The fraction of sp³-hybridized carbons (Fsp3) is 0.0769. The van der Waals surface area contributed by atoms with Crippen molar-refractivity contribution in [3.8, 4) is 0 Å². The fourth-order valence-corrected chi connectivity index (χ4v) is 4.10. The molecular formula is C26H14N4O8. The first-order valence-corrected chi connectivity index (χ1v) is 11.0. The molecule has 2 N–H and O–H groups in total. The van der Waals surface area contributed by atoms with Gasteiger partial charge in [0.05, 0.1) is 22.5 Å². The van der Waals surface area contributed by atoms with Gasteiger partial charge in [0.1, 0.15) is 0 Å². The molecule has 0 heterocycles. The van der Waals surface area contributed by atoms with E-state index in [1.165, 1.54) is 48.5 Å². The van der Waals surface area contributed by atoms with Crippen molar-refractivity contribution in [2.24, 2.45) is 20.5 Å². The number of carbonyl (C=O) groups is 6. The number of carboxylic acid groups (broad SMARTS) is 2. The van der Waals surface area contributed by atoms with Crippen LogP contribution in [0.4, 0.5) is 11.4 Å². The summed E-state index contributed by atoms with van der Waals surface area (Å²) in [5, 5.41) is 33.4. The van der Waals surface area contributed by atoms with Crippen LogP contribution in [0.15, 0.2) is 81.1 Å². The molecule has 2 aliphatic rings. The van der Waals surface area contributed by atoms with Crippen LogP contribution in [0, 0.1) is 0 Å². The molecule has 0 aromatic heterocycles. The Morgan fingerprint density at radius 3 is 1.21 bits per heavy atom. The molecular weight excluding hydrogens is 496 g/mol. The highest BCUT2D eigenvalue weighted by molar-refractivity contribution is 6.34. The van der Waals surface area contributed by atoms with Gasteiger partial charge in [-0.2, -0.15) is 20.5 Å². The summed E-state index contributed by atoms with van der Waals surface area (Å²) in [4.78, 5) is 73.9. The number of nitrogens with zero attached hydrogens (tertiary/aromatic N) is 4. The highest BCUT2D eigenvalue weighted by atomic mass is 16.4. The van der Waals surface area contributed by atoms with E-state index in [4.69, 9.17) is 10.2 Å². The molecule has 3 aromatic carbocycles.